The lowest BCUT2D eigenvalue weighted by Crippen LogP contribution is -2.18. The van der Waals surface area contributed by atoms with Crippen LogP contribution in [0.25, 0.3) is 10.8 Å². The molecule has 3 aromatic rings. The molecule has 7 heteroatoms. The molecule has 0 N–H and O–H groups in total. The van der Waals surface area contributed by atoms with Crippen molar-refractivity contribution >= 4 is 11.3 Å². The Hall–Kier alpha value is -2.38. The van der Waals surface area contributed by atoms with Gasteiger partial charge in [0.05, 0.1) is 25.6 Å². The van der Waals surface area contributed by atoms with Gasteiger partial charge in [-0.15, -0.1) is 21.5 Å². The largest absolute Gasteiger partial charge is 0.497 e. The molecular weight excluding hydrogens is 326 g/mol. The summed E-state index contributed by atoms with van der Waals surface area (Å²) in [6.07, 6.45) is 0. The van der Waals surface area contributed by atoms with Crippen molar-refractivity contribution in [3.63, 3.8) is 0 Å². The van der Waals surface area contributed by atoms with Gasteiger partial charge in [0.25, 0.3) is 5.89 Å². The molecule has 3 rings (SSSR count). The van der Waals surface area contributed by atoms with Crippen molar-refractivity contribution < 1.29 is 13.9 Å². The molecule has 0 atom stereocenters. The van der Waals surface area contributed by atoms with Gasteiger partial charge in [0, 0.05) is 18.2 Å². The van der Waals surface area contributed by atoms with E-state index in [0.717, 1.165) is 21.9 Å². The third-order valence-electron chi connectivity index (χ3n) is 3.54. The number of nitrogens with zero attached hydrogens (tertiary/aromatic N) is 3. The monoisotopic (exact) mass is 345 g/mol. The Morgan fingerprint density at radius 2 is 2.00 bits per heavy atom. The molecule has 24 heavy (non-hydrogen) atoms. The Bertz CT molecular complexity index is 786. The van der Waals surface area contributed by atoms with Crippen LogP contribution in [0.3, 0.4) is 0 Å². The van der Waals surface area contributed by atoms with Crippen LogP contribution in [0.15, 0.2) is 40.1 Å². The maximum Gasteiger partial charge on any atom is 0.257 e. The van der Waals surface area contributed by atoms with E-state index in [1.165, 1.54) is 0 Å². The summed E-state index contributed by atoms with van der Waals surface area (Å²) in [6.45, 7) is 1.26. The molecule has 0 aliphatic heterocycles. The van der Waals surface area contributed by atoms with Crippen LogP contribution in [0.2, 0.25) is 0 Å². The van der Waals surface area contributed by atoms with E-state index in [9.17, 15) is 0 Å². The molecule has 1 aromatic carbocycles. The number of rotatable bonds is 7. The van der Waals surface area contributed by atoms with Gasteiger partial charge in [0.15, 0.2) is 0 Å². The fraction of sp³-hybridized carbons (Fsp3) is 0.294. The van der Waals surface area contributed by atoms with Gasteiger partial charge in [-0.2, -0.15) is 0 Å². The van der Waals surface area contributed by atoms with Gasteiger partial charge >= 0.3 is 0 Å². The van der Waals surface area contributed by atoms with E-state index >= 15 is 0 Å². The van der Waals surface area contributed by atoms with Crippen molar-refractivity contribution in [2.45, 2.75) is 13.1 Å². The Kier molecular flexibility index (Phi) is 5.12. The lowest BCUT2D eigenvalue weighted by Gasteiger charge is -2.17. The van der Waals surface area contributed by atoms with Crippen molar-refractivity contribution in [2.75, 3.05) is 21.3 Å². The quantitative estimate of drug-likeness (QED) is 0.654. The number of thiophene rings is 1. The molecule has 6 nitrogen and oxygen atoms in total. The molecule has 0 saturated heterocycles. The first kappa shape index (κ1) is 16.5. The summed E-state index contributed by atoms with van der Waals surface area (Å²) in [7, 11) is 5.30. The van der Waals surface area contributed by atoms with E-state index in [1.54, 1.807) is 25.6 Å². The van der Waals surface area contributed by atoms with E-state index in [2.05, 4.69) is 15.1 Å². The first-order valence-electron chi connectivity index (χ1n) is 7.45. The highest BCUT2D eigenvalue weighted by atomic mass is 32.1. The lowest BCUT2D eigenvalue weighted by molar-refractivity contribution is 0.277. The number of hydrogen-bond donors (Lipinski definition) is 0. The Balaban J connectivity index is 1.66. The highest BCUT2D eigenvalue weighted by molar-refractivity contribution is 7.13. The summed E-state index contributed by atoms with van der Waals surface area (Å²) in [5, 5.41) is 10.2. The van der Waals surface area contributed by atoms with Crippen LogP contribution < -0.4 is 9.47 Å². The van der Waals surface area contributed by atoms with Gasteiger partial charge in [0.1, 0.15) is 11.5 Å². The van der Waals surface area contributed by atoms with Crippen LogP contribution in [-0.4, -0.2) is 36.4 Å². The second-order valence-corrected chi connectivity index (χ2v) is 6.28. The van der Waals surface area contributed by atoms with Crippen molar-refractivity contribution in [2.24, 2.45) is 0 Å². The summed E-state index contributed by atoms with van der Waals surface area (Å²) >= 11 is 1.58. The normalized spacial score (nSPS) is 11.0. The molecule has 0 aliphatic carbocycles. The maximum absolute atomic E-state index is 5.72. The minimum Gasteiger partial charge on any atom is -0.497 e. The molecular formula is C17H19N3O3S. The third kappa shape index (κ3) is 3.74. The fourth-order valence-corrected chi connectivity index (χ4v) is 3.02. The molecule has 0 amide bonds. The summed E-state index contributed by atoms with van der Waals surface area (Å²) in [4.78, 5) is 3.07. The van der Waals surface area contributed by atoms with E-state index < -0.39 is 0 Å². The highest BCUT2D eigenvalue weighted by Crippen LogP contribution is 2.26. The molecule has 2 heterocycles. The lowest BCUT2D eigenvalue weighted by atomic mass is 10.2. The molecule has 0 spiro atoms. The summed E-state index contributed by atoms with van der Waals surface area (Å²) in [5.74, 6) is 2.73. The molecule has 126 valence electrons. The van der Waals surface area contributed by atoms with E-state index in [1.807, 2.05) is 42.8 Å². The zero-order valence-corrected chi connectivity index (χ0v) is 14.7. The van der Waals surface area contributed by atoms with Crippen LogP contribution in [0.4, 0.5) is 0 Å². The molecule has 2 aromatic heterocycles. The van der Waals surface area contributed by atoms with Gasteiger partial charge in [-0.3, -0.25) is 4.90 Å². The predicted octanol–water partition coefficient (Wildman–Crippen LogP) is 3.45. The Morgan fingerprint density at radius 1 is 1.12 bits per heavy atom. The number of hydrogen-bond acceptors (Lipinski definition) is 7. The fourth-order valence-electron chi connectivity index (χ4n) is 2.38. The summed E-state index contributed by atoms with van der Waals surface area (Å²) in [6, 6.07) is 9.73. The van der Waals surface area contributed by atoms with Crippen molar-refractivity contribution in [3.05, 3.63) is 47.2 Å². The zero-order chi connectivity index (χ0) is 16.9. The van der Waals surface area contributed by atoms with Gasteiger partial charge in [-0.25, -0.2) is 0 Å². The van der Waals surface area contributed by atoms with Crippen LogP contribution >= 0.6 is 11.3 Å². The summed E-state index contributed by atoms with van der Waals surface area (Å²) in [5.41, 5.74) is 1.07. The smallest absolute Gasteiger partial charge is 0.257 e. The summed E-state index contributed by atoms with van der Waals surface area (Å²) < 4.78 is 16.4. The average Bonchev–Trinajstić information content (AvgIpc) is 3.26. The predicted molar refractivity (Wildman–Crippen MR) is 92.3 cm³/mol. The Labute approximate surface area is 144 Å². The molecule has 0 aliphatic rings. The average molecular weight is 345 g/mol. The maximum atomic E-state index is 5.72. The first-order chi connectivity index (χ1) is 11.7. The van der Waals surface area contributed by atoms with Crippen molar-refractivity contribution in [1.82, 2.24) is 15.1 Å². The third-order valence-corrected chi connectivity index (χ3v) is 4.40. The van der Waals surface area contributed by atoms with Crippen LogP contribution in [0.5, 0.6) is 11.5 Å². The van der Waals surface area contributed by atoms with Gasteiger partial charge in [-0.1, -0.05) is 12.1 Å². The van der Waals surface area contributed by atoms with Crippen LogP contribution in [-0.2, 0) is 13.1 Å². The van der Waals surface area contributed by atoms with E-state index in [0.29, 0.717) is 24.9 Å². The second kappa shape index (κ2) is 7.46. The minimum absolute atomic E-state index is 0.563. The number of aromatic nitrogens is 2. The minimum atomic E-state index is 0.563. The number of benzene rings is 1. The highest BCUT2D eigenvalue weighted by Gasteiger charge is 2.13. The SMILES string of the molecule is COc1ccc(CN(C)Cc2nnc(-c3cccs3)o2)c(OC)c1. The van der Waals surface area contributed by atoms with E-state index in [-0.39, 0.29) is 0 Å². The topological polar surface area (TPSA) is 60.6 Å². The molecule has 0 unspecified atom stereocenters. The second-order valence-electron chi connectivity index (χ2n) is 5.33. The van der Waals surface area contributed by atoms with Crippen LogP contribution in [0, 0.1) is 0 Å². The molecule has 0 saturated carbocycles. The van der Waals surface area contributed by atoms with Crippen molar-refractivity contribution in [3.8, 4) is 22.3 Å². The number of methoxy groups -OCH3 is 2. The number of ether oxygens (including phenoxy) is 2. The molecule has 0 bridgehead atoms. The molecule has 0 radical (unpaired) electrons. The first-order valence-corrected chi connectivity index (χ1v) is 8.33. The van der Waals surface area contributed by atoms with Gasteiger partial charge in [-0.05, 0) is 24.6 Å². The van der Waals surface area contributed by atoms with Crippen LogP contribution in [0.1, 0.15) is 11.5 Å². The van der Waals surface area contributed by atoms with E-state index in [4.69, 9.17) is 13.9 Å². The van der Waals surface area contributed by atoms with Gasteiger partial charge < -0.3 is 13.9 Å². The van der Waals surface area contributed by atoms with Crippen molar-refractivity contribution in [1.29, 1.82) is 0 Å². The standard InChI is InChI=1S/C17H19N3O3S/c1-20(10-12-6-7-13(21-2)9-14(12)22-3)11-16-18-19-17(23-16)15-5-4-8-24-15/h4-9H,10-11H2,1-3H3. The Morgan fingerprint density at radius 3 is 2.71 bits per heavy atom. The van der Waals surface area contributed by atoms with Gasteiger partial charge in [0.2, 0.25) is 5.89 Å². The zero-order valence-electron chi connectivity index (χ0n) is 13.9. The molecule has 0 fully saturated rings.